The molecule has 0 aliphatic carbocycles. The van der Waals surface area contributed by atoms with Gasteiger partial charge in [0, 0.05) is 17.6 Å². The first-order valence-electron chi connectivity index (χ1n) is 5.46. The number of carboxylic acids is 1. The van der Waals surface area contributed by atoms with Crippen LogP contribution in [0.25, 0.3) is 10.9 Å². The van der Waals surface area contributed by atoms with E-state index in [1.54, 1.807) is 0 Å². The predicted molar refractivity (Wildman–Crippen MR) is 63.6 cm³/mol. The van der Waals surface area contributed by atoms with Crippen LogP contribution in [0.15, 0.2) is 30.3 Å². The van der Waals surface area contributed by atoms with Crippen molar-refractivity contribution in [3.8, 4) is 0 Å². The topological polar surface area (TPSA) is 53.1 Å². The number of benzene rings is 1. The predicted octanol–water partition coefficient (Wildman–Crippen LogP) is 3.14. The highest BCUT2D eigenvalue weighted by Gasteiger charge is 2.10. The van der Waals surface area contributed by atoms with Gasteiger partial charge in [-0.3, -0.25) is 4.79 Å². The lowest BCUT2D eigenvalue weighted by atomic mass is 10.0. The van der Waals surface area contributed by atoms with E-state index < -0.39 is 5.97 Å². The number of para-hydroxylation sites is 1. The van der Waals surface area contributed by atoms with E-state index >= 15 is 0 Å². The zero-order valence-electron chi connectivity index (χ0n) is 9.23. The molecule has 3 heteroatoms. The molecular weight excluding hydrogens is 202 g/mol. The highest BCUT2D eigenvalue weighted by atomic mass is 16.4. The van der Waals surface area contributed by atoms with E-state index in [9.17, 15) is 4.79 Å². The summed E-state index contributed by atoms with van der Waals surface area (Å²) in [7, 11) is 0. The summed E-state index contributed by atoms with van der Waals surface area (Å²) in [5.41, 5.74) is 2.22. The Balaban J connectivity index is 2.16. The number of aromatic nitrogens is 1. The van der Waals surface area contributed by atoms with Gasteiger partial charge >= 0.3 is 5.97 Å². The molecule has 0 saturated carbocycles. The Bertz CT molecular complexity index is 468. The monoisotopic (exact) mass is 217 g/mol. The highest BCUT2D eigenvalue weighted by Crippen LogP contribution is 2.24. The molecule has 0 radical (unpaired) electrons. The average molecular weight is 217 g/mol. The van der Waals surface area contributed by atoms with Crippen molar-refractivity contribution in [2.75, 3.05) is 0 Å². The second-order valence-corrected chi connectivity index (χ2v) is 4.15. The molecule has 0 amide bonds. The van der Waals surface area contributed by atoms with Crippen molar-refractivity contribution in [3.05, 3.63) is 36.0 Å². The number of rotatable bonds is 4. The van der Waals surface area contributed by atoms with Crippen LogP contribution in [0.4, 0.5) is 0 Å². The van der Waals surface area contributed by atoms with Crippen molar-refractivity contribution in [2.45, 2.75) is 25.7 Å². The van der Waals surface area contributed by atoms with Crippen LogP contribution >= 0.6 is 0 Å². The number of H-pyrrole nitrogens is 1. The molecule has 0 spiro atoms. The SMILES string of the molecule is CC(CCC(=O)O)c1cc2ccccc2[nH]1. The maximum Gasteiger partial charge on any atom is 0.303 e. The molecule has 16 heavy (non-hydrogen) atoms. The number of hydrogen-bond acceptors (Lipinski definition) is 1. The summed E-state index contributed by atoms with van der Waals surface area (Å²) in [6, 6.07) is 10.2. The van der Waals surface area contributed by atoms with Crippen molar-refractivity contribution in [1.82, 2.24) is 4.98 Å². The van der Waals surface area contributed by atoms with E-state index in [0.29, 0.717) is 6.42 Å². The molecule has 1 aromatic heterocycles. The minimum atomic E-state index is -0.733. The molecule has 0 aliphatic heterocycles. The van der Waals surface area contributed by atoms with Gasteiger partial charge in [0.2, 0.25) is 0 Å². The lowest BCUT2D eigenvalue weighted by Crippen LogP contribution is -2.00. The summed E-state index contributed by atoms with van der Waals surface area (Å²) >= 11 is 0. The standard InChI is InChI=1S/C13H15NO2/c1-9(6-7-13(15)16)12-8-10-4-2-3-5-11(10)14-12/h2-5,8-9,14H,6-7H2,1H3,(H,15,16). The first-order chi connectivity index (χ1) is 7.66. The third-order valence-electron chi connectivity index (χ3n) is 2.87. The molecule has 1 atom stereocenters. The zero-order chi connectivity index (χ0) is 11.5. The molecule has 1 aromatic carbocycles. The second kappa shape index (κ2) is 4.39. The van der Waals surface area contributed by atoms with E-state index in [4.69, 9.17) is 5.11 Å². The zero-order valence-corrected chi connectivity index (χ0v) is 9.23. The number of aromatic amines is 1. The van der Waals surface area contributed by atoms with Crippen LogP contribution in [0.2, 0.25) is 0 Å². The van der Waals surface area contributed by atoms with E-state index in [-0.39, 0.29) is 12.3 Å². The lowest BCUT2D eigenvalue weighted by molar-refractivity contribution is -0.137. The van der Waals surface area contributed by atoms with E-state index in [1.807, 2.05) is 25.1 Å². The van der Waals surface area contributed by atoms with Crippen LogP contribution in [0.5, 0.6) is 0 Å². The number of fused-ring (bicyclic) bond motifs is 1. The van der Waals surface area contributed by atoms with Crippen LogP contribution in [-0.4, -0.2) is 16.1 Å². The Morgan fingerprint density at radius 1 is 1.44 bits per heavy atom. The molecule has 2 N–H and O–H groups in total. The van der Waals surface area contributed by atoms with Crippen molar-refractivity contribution in [2.24, 2.45) is 0 Å². The van der Waals surface area contributed by atoms with Gasteiger partial charge in [0.25, 0.3) is 0 Å². The quantitative estimate of drug-likeness (QED) is 0.826. The van der Waals surface area contributed by atoms with Gasteiger partial charge in [0.15, 0.2) is 0 Å². The number of carboxylic acid groups (broad SMARTS) is 1. The highest BCUT2D eigenvalue weighted by molar-refractivity contribution is 5.80. The molecule has 2 aromatic rings. The first kappa shape index (κ1) is 10.7. The molecule has 0 saturated heterocycles. The van der Waals surface area contributed by atoms with Crippen molar-refractivity contribution in [3.63, 3.8) is 0 Å². The fourth-order valence-electron chi connectivity index (χ4n) is 1.86. The summed E-state index contributed by atoms with van der Waals surface area (Å²) in [6.07, 6.45) is 0.888. The number of hydrogen-bond donors (Lipinski definition) is 2. The van der Waals surface area contributed by atoms with Crippen LogP contribution in [-0.2, 0) is 4.79 Å². The van der Waals surface area contributed by atoms with E-state index in [2.05, 4.69) is 17.1 Å². The maximum absolute atomic E-state index is 10.5. The van der Waals surface area contributed by atoms with Crippen LogP contribution in [0.3, 0.4) is 0 Å². The normalized spacial score (nSPS) is 12.8. The molecule has 0 fully saturated rings. The third kappa shape index (κ3) is 2.24. The minimum absolute atomic E-state index is 0.219. The lowest BCUT2D eigenvalue weighted by Gasteiger charge is -2.06. The molecule has 1 unspecified atom stereocenters. The van der Waals surface area contributed by atoms with Gasteiger partial charge in [-0.25, -0.2) is 0 Å². The van der Waals surface area contributed by atoms with Gasteiger partial charge in [-0.15, -0.1) is 0 Å². The van der Waals surface area contributed by atoms with Gasteiger partial charge in [-0.05, 0) is 29.9 Å². The molecule has 3 nitrogen and oxygen atoms in total. The van der Waals surface area contributed by atoms with E-state index in [1.165, 1.54) is 5.39 Å². The fourth-order valence-corrected chi connectivity index (χ4v) is 1.86. The molecule has 0 bridgehead atoms. The van der Waals surface area contributed by atoms with Crippen LogP contribution in [0, 0.1) is 0 Å². The summed E-state index contributed by atoms with van der Waals surface area (Å²) in [6.45, 7) is 2.05. The molecule has 2 rings (SSSR count). The second-order valence-electron chi connectivity index (χ2n) is 4.15. The summed E-state index contributed by atoms with van der Waals surface area (Å²) in [4.78, 5) is 13.8. The van der Waals surface area contributed by atoms with Gasteiger partial charge in [-0.1, -0.05) is 25.1 Å². The van der Waals surface area contributed by atoms with Crippen molar-refractivity contribution >= 4 is 16.9 Å². The summed E-state index contributed by atoms with van der Waals surface area (Å²) < 4.78 is 0. The Kier molecular flexibility index (Phi) is 2.95. The maximum atomic E-state index is 10.5. The number of carbonyl (C=O) groups is 1. The van der Waals surface area contributed by atoms with Crippen LogP contribution in [0.1, 0.15) is 31.4 Å². The largest absolute Gasteiger partial charge is 0.481 e. The van der Waals surface area contributed by atoms with E-state index in [0.717, 1.165) is 11.2 Å². The Labute approximate surface area is 94.1 Å². The summed E-state index contributed by atoms with van der Waals surface area (Å²) in [5.74, 6) is -0.480. The Morgan fingerprint density at radius 3 is 2.88 bits per heavy atom. The molecule has 84 valence electrons. The molecule has 1 heterocycles. The van der Waals surface area contributed by atoms with Crippen molar-refractivity contribution in [1.29, 1.82) is 0 Å². The average Bonchev–Trinajstić information content (AvgIpc) is 2.69. The van der Waals surface area contributed by atoms with Gasteiger partial charge < -0.3 is 10.1 Å². The molecular formula is C13H15NO2. The fraction of sp³-hybridized carbons (Fsp3) is 0.308. The van der Waals surface area contributed by atoms with Gasteiger partial charge in [0.05, 0.1) is 0 Å². The number of aliphatic carboxylic acids is 1. The smallest absolute Gasteiger partial charge is 0.303 e. The van der Waals surface area contributed by atoms with Gasteiger partial charge in [-0.2, -0.15) is 0 Å². The van der Waals surface area contributed by atoms with Gasteiger partial charge in [0.1, 0.15) is 0 Å². The first-order valence-corrected chi connectivity index (χ1v) is 5.46. The summed E-state index contributed by atoms with van der Waals surface area (Å²) in [5, 5.41) is 9.82. The Morgan fingerprint density at radius 2 is 2.19 bits per heavy atom. The number of nitrogens with one attached hydrogen (secondary N) is 1. The van der Waals surface area contributed by atoms with Crippen molar-refractivity contribution < 1.29 is 9.90 Å². The van der Waals surface area contributed by atoms with Crippen LogP contribution < -0.4 is 0 Å². The molecule has 0 aliphatic rings. The Hall–Kier alpha value is -1.77. The third-order valence-corrected chi connectivity index (χ3v) is 2.87. The minimum Gasteiger partial charge on any atom is -0.481 e.